The maximum absolute atomic E-state index is 11.8. The molecule has 4 N–H and O–H groups in total. The van der Waals surface area contributed by atoms with Gasteiger partial charge in [0, 0.05) is 12.6 Å². The van der Waals surface area contributed by atoms with E-state index in [0.717, 1.165) is 5.56 Å². The Morgan fingerprint density at radius 1 is 1.45 bits per heavy atom. The number of carboxylic acids is 1. The fourth-order valence-electron chi connectivity index (χ4n) is 1.64. The Kier molecular flexibility index (Phi) is 5.64. The number of aliphatic carboxylic acids is 1. The van der Waals surface area contributed by atoms with E-state index < -0.39 is 23.8 Å². The van der Waals surface area contributed by atoms with Crippen LogP contribution in [0.1, 0.15) is 24.1 Å². The van der Waals surface area contributed by atoms with Crippen LogP contribution in [0.3, 0.4) is 0 Å². The predicted molar refractivity (Wildman–Crippen MR) is 70.7 cm³/mol. The summed E-state index contributed by atoms with van der Waals surface area (Å²) in [6.07, 6.45) is 1.43. The van der Waals surface area contributed by atoms with E-state index >= 15 is 0 Å². The van der Waals surface area contributed by atoms with Crippen LogP contribution in [-0.4, -0.2) is 33.9 Å². The van der Waals surface area contributed by atoms with E-state index in [1.165, 1.54) is 0 Å². The van der Waals surface area contributed by atoms with Crippen molar-refractivity contribution in [1.82, 2.24) is 10.3 Å². The van der Waals surface area contributed by atoms with Gasteiger partial charge in [0.2, 0.25) is 11.8 Å². The molecule has 108 valence electrons. The van der Waals surface area contributed by atoms with Crippen LogP contribution in [0.15, 0.2) is 18.3 Å². The Labute approximate surface area is 116 Å². The second-order valence-electron chi connectivity index (χ2n) is 4.41. The number of pyridine rings is 1. The van der Waals surface area contributed by atoms with Crippen LogP contribution in [0.4, 0.5) is 0 Å². The number of amides is 2. The average molecular weight is 279 g/mol. The van der Waals surface area contributed by atoms with Crippen molar-refractivity contribution in [2.24, 2.45) is 5.73 Å². The van der Waals surface area contributed by atoms with Gasteiger partial charge in [0.05, 0.1) is 12.1 Å². The topological polar surface area (TPSA) is 122 Å². The number of hydrogen-bond donors (Lipinski definition) is 3. The average Bonchev–Trinajstić information content (AvgIpc) is 2.36. The zero-order valence-corrected chi connectivity index (χ0v) is 11.1. The van der Waals surface area contributed by atoms with Gasteiger partial charge in [0.15, 0.2) is 0 Å². The number of aromatic nitrogens is 1. The Hall–Kier alpha value is -2.44. The molecular formula is C13H17N3O4. The molecule has 0 bridgehead atoms. The molecule has 0 saturated carbocycles. The minimum Gasteiger partial charge on any atom is -0.480 e. The van der Waals surface area contributed by atoms with Gasteiger partial charge in [-0.15, -0.1) is 0 Å². The molecule has 7 nitrogen and oxygen atoms in total. The number of primary amides is 1. The number of rotatable bonds is 7. The van der Waals surface area contributed by atoms with E-state index in [4.69, 9.17) is 10.8 Å². The lowest BCUT2D eigenvalue weighted by atomic mass is 10.1. The van der Waals surface area contributed by atoms with Crippen molar-refractivity contribution in [3.8, 4) is 0 Å². The monoisotopic (exact) mass is 279 g/mol. The van der Waals surface area contributed by atoms with Crippen molar-refractivity contribution in [1.29, 1.82) is 0 Å². The van der Waals surface area contributed by atoms with Gasteiger partial charge >= 0.3 is 5.97 Å². The molecule has 20 heavy (non-hydrogen) atoms. The first-order valence-electron chi connectivity index (χ1n) is 6.11. The first-order valence-corrected chi connectivity index (χ1v) is 6.11. The van der Waals surface area contributed by atoms with Crippen LogP contribution < -0.4 is 11.1 Å². The molecule has 1 atom stereocenters. The number of nitrogens with zero attached hydrogens (tertiary/aromatic N) is 1. The Balaban J connectivity index is 2.60. The first kappa shape index (κ1) is 15.6. The molecule has 1 unspecified atom stereocenters. The number of nitrogens with one attached hydrogen (secondary N) is 1. The molecule has 0 radical (unpaired) electrons. The van der Waals surface area contributed by atoms with Crippen LogP contribution in [0.2, 0.25) is 0 Å². The highest BCUT2D eigenvalue weighted by Gasteiger charge is 2.20. The third-order valence-corrected chi connectivity index (χ3v) is 2.76. The van der Waals surface area contributed by atoms with Crippen LogP contribution in [0.25, 0.3) is 0 Å². The number of aryl methyl sites for hydroxylation is 1. The summed E-state index contributed by atoms with van der Waals surface area (Å²) in [7, 11) is 0. The summed E-state index contributed by atoms with van der Waals surface area (Å²) in [5, 5.41) is 11.3. The van der Waals surface area contributed by atoms with Crippen LogP contribution in [0, 0.1) is 6.92 Å². The van der Waals surface area contributed by atoms with E-state index in [9.17, 15) is 14.4 Å². The minimum atomic E-state index is -1.20. The lowest BCUT2D eigenvalue weighted by molar-refractivity contribution is -0.142. The van der Waals surface area contributed by atoms with E-state index in [1.807, 2.05) is 13.0 Å². The molecule has 0 aliphatic heterocycles. The number of carbonyl (C=O) groups excluding carboxylic acids is 2. The number of nitrogens with two attached hydrogens (primary N) is 1. The molecule has 1 aromatic heterocycles. The van der Waals surface area contributed by atoms with Crippen molar-refractivity contribution in [2.75, 3.05) is 0 Å². The standard InChI is InChI=1S/C13H17N3O4/c1-8-3-2-6-15-10(8)7-12(18)16-9(13(19)20)4-5-11(14)17/h2-3,6,9H,4-5,7H2,1H3,(H2,14,17)(H,16,18)(H,19,20). The molecule has 0 saturated heterocycles. The number of carboxylic acid groups (broad SMARTS) is 1. The quantitative estimate of drug-likeness (QED) is 0.636. The minimum absolute atomic E-state index is 0.00692. The highest BCUT2D eigenvalue weighted by molar-refractivity contribution is 5.85. The largest absolute Gasteiger partial charge is 0.480 e. The van der Waals surface area contributed by atoms with Gasteiger partial charge in [0.1, 0.15) is 6.04 Å². The lowest BCUT2D eigenvalue weighted by Gasteiger charge is -2.14. The SMILES string of the molecule is Cc1cccnc1CC(=O)NC(CCC(N)=O)C(=O)O. The summed E-state index contributed by atoms with van der Waals surface area (Å²) < 4.78 is 0. The van der Waals surface area contributed by atoms with Crippen molar-refractivity contribution in [2.45, 2.75) is 32.2 Å². The molecule has 1 rings (SSSR count). The first-order chi connectivity index (χ1) is 9.40. The predicted octanol–water partition coefficient (Wildman–Crippen LogP) is -0.233. The van der Waals surface area contributed by atoms with E-state index in [1.54, 1.807) is 12.3 Å². The van der Waals surface area contributed by atoms with E-state index in [2.05, 4.69) is 10.3 Å². The smallest absolute Gasteiger partial charge is 0.326 e. The second-order valence-corrected chi connectivity index (χ2v) is 4.41. The molecule has 0 spiro atoms. The van der Waals surface area contributed by atoms with Crippen LogP contribution in [0.5, 0.6) is 0 Å². The van der Waals surface area contributed by atoms with Crippen LogP contribution >= 0.6 is 0 Å². The molecular weight excluding hydrogens is 262 g/mol. The number of hydrogen-bond acceptors (Lipinski definition) is 4. The fourth-order valence-corrected chi connectivity index (χ4v) is 1.64. The van der Waals surface area contributed by atoms with Gasteiger partial charge in [-0.3, -0.25) is 14.6 Å². The molecule has 0 fully saturated rings. The van der Waals surface area contributed by atoms with E-state index in [-0.39, 0.29) is 19.3 Å². The maximum Gasteiger partial charge on any atom is 0.326 e. The normalized spacial score (nSPS) is 11.7. The van der Waals surface area contributed by atoms with Crippen molar-refractivity contribution in [3.63, 3.8) is 0 Å². The van der Waals surface area contributed by atoms with Crippen LogP contribution in [-0.2, 0) is 20.8 Å². The summed E-state index contributed by atoms with van der Waals surface area (Å²) in [5.41, 5.74) is 6.40. The summed E-state index contributed by atoms with van der Waals surface area (Å²) in [5.74, 6) is -2.26. The molecule has 1 heterocycles. The Morgan fingerprint density at radius 2 is 2.15 bits per heavy atom. The van der Waals surface area contributed by atoms with E-state index in [0.29, 0.717) is 5.69 Å². The zero-order valence-electron chi connectivity index (χ0n) is 11.1. The van der Waals surface area contributed by atoms with Gasteiger partial charge < -0.3 is 16.2 Å². The molecule has 7 heteroatoms. The maximum atomic E-state index is 11.8. The highest BCUT2D eigenvalue weighted by Crippen LogP contribution is 2.05. The Bertz CT molecular complexity index is 516. The molecule has 2 amide bonds. The summed E-state index contributed by atoms with van der Waals surface area (Å²) >= 11 is 0. The third-order valence-electron chi connectivity index (χ3n) is 2.76. The summed E-state index contributed by atoms with van der Waals surface area (Å²) in [4.78, 5) is 37.5. The second kappa shape index (κ2) is 7.22. The number of carbonyl (C=O) groups is 3. The molecule has 0 aliphatic carbocycles. The van der Waals surface area contributed by atoms with Gasteiger partial charge in [-0.05, 0) is 25.0 Å². The van der Waals surface area contributed by atoms with Gasteiger partial charge in [-0.25, -0.2) is 4.79 Å². The Morgan fingerprint density at radius 3 is 2.70 bits per heavy atom. The van der Waals surface area contributed by atoms with Gasteiger partial charge in [-0.2, -0.15) is 0 Å². The highest BCUT2D eigenvalue weighted by atomic mass is 16.4. The molecule has 1 aromatic rings. The third kappa shape index (κ3) is 5.05. The van der Waals surface area contributed by atoms with Gasteiger partial charge in [-0.1, -0.05) is 6.07 Å². The summed E-state index contributed by atoms with van der Waals surface area (Å²) in [6, 6.07) is 2.44. The summed E-state index contributed by atoms with van der Waals surface area (Å²) in [6.45, 7) is 1.82. The zero-order chi connectivity index (χ0) is 15.1. The van der Waals surface area contributed by atoms with Crippen molar-refractivity contribution < 1.29 is 19.5 Å². The fraction of sp³-hybridized carbons (Fsp3) is 0.385. The molecule has 0 aromatic carbocycles. The van der Waals surface area contributed by atoms with Crippen molar-refractivity contribution >= 4 is 17.8 Å². The molecule has 0 aliphatic rings. The van der Waals surface area contributed by atoms with Crippen molar-refractivity contribution in [3.05, 3.63) is 29.6 Å². The lowest BCUT2D eigenvalue weighted by Crippen LogP contribution is -2.42. The van der Waals surface area contributed by atoms with Gasteiger partial charge in [0.25, 0.3) is 0 Å².